The lowest BCUT2D eigenvalue weighted by Gasteiger charge is -2.07. The molecule has 0 aliphatic carbocycles. The van der Waals surface area contributed by atoms with Gasteiger partial charge in [0.05, 0.1) is 5.69 Å². The predicted octanol–water partition coefficient (Wildman–Crippen LogP) is 3.03. The van der Waals surface area contributed by atoms with Crippen LogP contribution in [0.15, 0.2) is 42.6 Å². The number of benzene rings is 1. The second-order valence-corrected chi connectivity index (χ2v) is 5.06. The summed E-state index contributed by atoms with van der Waals surface area (Å²) in [5.74, 6) is 0.975. The molecule has 3 aromatic rings. The van der Waals surface area contributed by atoms with Crippen LogP contribution in [0.25, 0.3) is 5.82 Å². The van der Waals surface area contributed by atoms with Gasteiger partial charge in [-0.25, -0.2) is 14.1 Å². The Hall–Kier alpha value is -2.76. The zero-order valence-corrected chi connectivity index (χ0v) is 12.4. The van der Waals surface area contributed by atoms with Crippen molar-refractivity contribution in [1.82, 2.24) is 19.7 Å². The zero-order valence-electron chi connectivity index (χ0n) is 12.4. The number of nitrogens with one attached hydrogen (secondary N) is 1. The number of aryl methyl sites for hydroxylation is 2. The fourth-order valence-corrected chi connectivity index (χ4v) is 2.20. The van der Waals surface area contributed by atoms with Crippen molar-refractivity contribution in [3.63, 3.8) is 0 Å². The van der Waals surface area contributed by atoms with Gasteiger partial charge in [0.2, 0.25) is 5.95 Å². The highest BCUT2D eigenvalue weighted by Crippen LogP contribution is 2.11. The van der Waals surface area contributed by atoms with Gasteiger partial charge >= 0.3 is 0 Å². The van der Waals surface area contributed by atoms with Gasteiger partial charge in [-0.3, -0.25) is 0 Å². The molecule has 0 spiro atoms. The Kier molecular flexibility index (Phi) is 3.82. The van der Waals surface area contributed by atoms with Crippen LogP contribution in [-0.4, -0.2) is 19.7 Å². The smallest absolute Gasteiger partial charge is 0.224 e. The van der Waals surface area contributed by atoms with Gasteiger partial charge in [0.25, 0.3) is 0 Å². The quantitative estimate of drug-likeness (QED) is 0.804. The molecule has 6 heteroatoms. The van der Waals surface area contributed by atoms with Crippen molar-refractivity contribution in [2.45, 2.75) is 20.4 Å². The van der Waals surface area contributed by atoms with Crippen molar-refractivity contribution < 1.29 is 4.39 Å². The number of rotatable bonds is 4. The van der Waals surface area contributed by atoms with Gasteiger partial charge in [0.15, 0.2) is 5.82 Å². The molecule has 0 saturated carbocycles. The van der Waals surface area contributed by atoms with Crippen LogP contribution >= 0.6 is 0 Å². The third-order valence-electron chi connectivity index (χ3n) is 3.23. The number of aromatic nitrogens is 4. The van der Waals surface area contributed by atoms with Gasteiger partial charge < -0.3 is 5.32 Å². The molecular formula is C16H16FN5. The van der Waals surface area contributed by atoms with Crippen molar-refractivity contribution in [1.29, 1.82) is 0 Å². The highest BCUT2D eigenvalue weighted by atomic mass is 19.1. The van der Waals surface area contributed by atoms with Gasteiger partial charge in [0.1, 0.15) is 5.82 Å². The molecule has 0 amide bonds. The van der Waals surface area contributed by atoms with E-state index >= 15 is 0 Å². The molecule has 0 radical (unpaired) electrons. The Morgan fingerprint density at radius 1 is 1.14 bits per heavy atom. The number of nitrogens with zero attached hydrogens (tertiary/aromatic N) is 4. The Labute approximate surface area is 127 Å². The molecule has 112 valence electrons. The fourth-order valence-electron chi connectivity index (χ4n) is 2.20. The molecule has 0 bridgehead atoms. The molecule has 2 heterocycles. The summed E-state index contributed by atoms with van der Waals surface area (Å²) >= 11 is 0. The lowest BCUT2D eigenvalue weighted by atomic mass is 10.2. The van der Waals surface area contributed by atoms with Crippen LogP contribution in [0.2, 0.25) is 0 Å². The molecule has 0 unspecified atom stereocenters. The molecule has 1 aromatic carbocycles. The first kappa shape index (κ1) is 14.2. The summed E-state index contributed by atoms with van der Waals surface area (Å²) in [6, 6.07) is 10.1. The fraction of sp³-hybridized carbons (Fsp3) is 0.188. The largest absolute Gasteiger partial charge is 0.350 e. The van der Waals surface area contributed by atoms with Crippen LogP contribution in [0.3, 0.4) is 0 Å². The minimum absolute atomic E-state index is 0.244. The van der Waals surface area contributed by atoms with Crippen molar-refractivity contribution in [2.24, 2.45) is 0 Å². The molecule has 0 aliphatic rings. The second kappa shape index (κ2) is 5.93. The molecule has 2 aromatic heterocycles. The number of anilines is 1. The van der Waals surface area contributed by atoms with Crippen molar-refractivity contribution in [3.8, 4) is 5.82 Å². The third kappa shape index (κ3) is 3.11. The van der Waals surface area contributed by atoms with Crippen LogP contribution in [-0.2, 0) is 6.54 Å². The number of hydrogen-bond donors (Lipinski definition) is 1. The van der Waals surface area contributed by atoms with Crippen LogP contribution in [0, 0.1) is 19.7 Å². The SMILES string of the molecule is Cc1cc(C)n(-c2ccnc(NCc3ccc(F)cc3)n2)n1. The van der Waals surface area contributed by atoms with Gasteiger partial charge in [-0.2, -0.15) is 10.1 Å². The molecule has 0 saturated heterocycles. The summed E-state index contributed by atoms with van der Waals surface area (Å²) in [6.45, 7) is 4.45. The third-order valence-corrected chi connectivity index (χ3v) is 3.23. The standard InChI is InChI=1S/C16H16FN5/c1-11-9-12(2)22(21-11)15-7-8-18-16(20-15)19-10-13-3-5-14(17)6-4-13/h3-9H,10H2,1-2H3,(H,18,19,20). The summed E-state index contributed by atoms with van der Waals surface area (Å²) in [4.78, 5) is 8.65. The summed E-state index contributed by atoms with van der Waals surface area (Å²) in [5.41, 5.74) is 2.92. The molecule has 0 atom stereocenters. The number of hydrogen-bond acceptors (Lipinski definition) is 4. The maximum Gasteiger partial charge on any atom is 0.224 e. The zero-order chi connectivity index (χ0) is 15.5. The maximum atomic E-state index is 12.9. The summed E-state index contributed by atoms with van der Waals surface area (Å²) in [7, 11) is 0. The highest BCUT2D eigenvalue weighted by molar-refractivity contribution is 5.34. The van der Waals surface area contributed by atoms with Crippen LogP contribution in [0.1, 0.15) is 17.0 Å². The minimum Gasteiger partial charge on any atom is -0.350 e. The Balaban J connectivity index is 1.76. The maximum absolute atomic E-state index is 12.9. The van der Waals surface area contributed by atoms with E-state index in [1.54, 1.807) is 23.0 Å². The summed E-state index contributed by atoms with van der Waals surface area (Å²) < 4.78 is 14.7. The minimum atomic E-state index is -0.244. The first-order valence-electron chi connectivity index (χ1n) is 6.97. The van der Waals surface area contributed by atoms with E-state index in [9.17, 15) is 4.39 Å². The van der Waals surface area contributed by atoms with Crippen LogP contribution < -0.4 is 5.32 Å². The van der Waals surface area contributed by atoms with E-state index in [4.69, 9.17) is 0 Å². The highest BCUT2D eigenvalue weighted by Gasteiger charge is 2.06. The topological polar surface area (TPSA) is 55.6 Å². The van der Waals surface area contributed by atoms with Crippen molar-refractivity contribution in [3.05, 3.63) is 65.4 Å². The van der Waals surface area contributed by atoms with Gasteiger partial charge in [0, 0.05) is 24.5 Å². The van der Waals surface area contributed by atoms with Crippen LogP contribution in [0.4, 0.5) is 10.3 Å². The van der Waals surface area contributed by atoms with E-state index in [1.165, 1.54) is 12.1 Å². The van der Waals surface area contributed by atoms with E-state index in [0.717, 1.165) is 17.0 Å². The predicted molar refractivity (Wildman–Crippen MR) is 82.4 cm³/mol. The van der Waals surface area contributed by atoms with Gasteiger partial charge in [-0.05, 0) is 37.6 Å². The first-order chi connectivity index (χ1) is 10.6. The van der Waals surface area contributed by atoms with E-state index in [2.05, 4.69) is 20.4 Å². The average molecular weight is 297 g/mol. The van der Waals surface area contributed by atoms with E-state index in [0.29, 0.717) is 18.3 Å². The average Bonchev–Trinajstić information content (AvgIpc) is 2.86. The molecule has 0 aliphatic heterocycles. The molecule has 22 heavy (non-hydrogen) atoms. The number of halogens is 1. The molecule has 0 fully saturated rings. The Morgan fingerprint density at radius 2 is 1.91 bits per heavy atom. The van der Waals surface area contributed by atoms with Crippen molar-refractivity contribution >= 4 is 5.95 Å². The van der Waals surface area contributed by atoms with Crippen LogP contribution in [0.5, 0.6) is 0 Å². The molecule has 3 rings (SSSR count). The lowest BCUT2D eigenvalue weighted by molar-refractivity contribution is 0.627. The molecular weight excluding hydrogens is 281 g/mol. The normalized spacial score (nSPS) is 10.7. The monoisotopic (exact) mass is 297 g/mol. The van der Waals surface area contributed by atoms with Gasteiger partial charge in [-0.15, -0.1) is 0 Å². The second-order valence-electron chi connectivity index (χ2n) is 5.06. The Bertz CT molecular complexity index is 779. The summed E-state index contributed by atoms with van der Waals surface area (Å²) in [5, 5.41) is 7.54. The first-order valence-corrected chi connectivity index (χ1v) is 6.97. The van der Waals surface area contributed by atoms with E-state index in [1.807, 2.05) is 26.0 Å². The van der Waals surface area contributed by atoms with Crippen molar-refractivity contribution in [2.75, 3.05) is 5.32 Å². The lowest BCUT2D eigenvalue weighted by Crippen LogP contribution is -2.07. The Morgan fingerprint density at radius 3 is 2.59 bits per heavy atom. The molecule has 5 nitrogen and oxygen atoms in total. The molecule has 1 N–H and O–H groups in total. The summed E-state index contributed by atoms with van der Waals surface area (Å²) in [6.07, 6.45) is 1.69. The van der Waals surface area contributed by atoms with E-state index < -0.39 is 0 Å². The van der Waals surface area contributed by atoms with Gasteiger partial charge in [-0.1, -0.05) is 12.1 Å². The van der Waals surface area contributed by atoms with E-state index in [-0.39, 0.29) is 5.82 Å².